The molecule has 1 atom stereocenters. The van der Waals surface area contributed by atoms with Crippen molar-refractivity contribution in [1.29, 1.82) is 0 Å². The van der Waals surface area contributed by atoms with Gasteiger partial charge in [0, 0.05) is 15.6 Å². The first-order valence-corrected chi connectivity index (χ1v) is 4.83. The second kappa shape index (κ2) is 4.09. The van der Waals surface area contributed by atoms with Gasteiger partial charge in [-0.1, -0.05) is 18.2 Å². The van der Waals surface area contributed by atoms with Crippen LogP contribution in [0.1, 0.15) is 17.8 Å². The Bertz CT molecular complexity index is 361. The van der Waals surface area contributed by atoms with Crippen LogP contribution in [0.25, 0.3) is 10.1 Å². The van der Waals surface area contributed by atoms with Gasteiger partial charge in [-0.15, -0.1) is 23.7 Å². The number of halogens is 1. The molecule has 0 bridgehead atoms. The molecule has 0 saturated carbocycles. The number of benzene rings is 1. The van der Waals surface area contributed by atoms with Crippen LogP contribution < -0.4 is 5.73 Å². The Morgan fingerprint density at radius 1 is 1.31 bits per heavy atom. The van der Waals surface area contributed by atoms with Gasteiger partial charge < -0.3 is 5.73 Å². The van der Waals surface area contributed by atoms with Crippen molar-refractivity contribution in [1.82, 2.24) is 0 Å². The Labute approximate surface area is 88.0 Å². The monoisotopic (exact) mass is 213 g/mol. The largest absolute Gasteiger partial charge is 0.324 e. The number of thiophene rings is 1. The van der Waals surface area contributed by atoms with E-state index in [-0.39, 0.29) is 18.4 Å². The molecule has 1 aromatic carbocycles. The summed E-state index contributed by atoms with van der Waals surface area (Å²) in [5.41, 5.74) is 5.79. The molecule has 2 rings (SSSR count). The summed E-state index contributed by atoms with van der Waals surface area (Å²) in [6.07, 6.45) is 0. The van der Waals surface area contributed by atoms with Gasteiger partial charge >= 0.3 is 0 Å². The summed E-state index contributed by atoms with van der Waals surface area (Å²) < 4.78 is 1.32. The molecule has 0 aliphatic rings. The van der Waals surface area contributed by atoms with E-state index in [1.807, 2.05) is 6.92 Å². The average molecular weight is 214 g/mol. The van der Waals surface area contributed by atoms with Gasteiger partial charge in [0.1, 0.15) is 0 Å². The Kier molecular flexibility index (Phi) is 3.31. The number of fused-ring (bicyclic) bond motifs is 1. The predicted molar refractivity (Wildman–Crippen MR) is 61.7 cm³/mol. The van der Waals surface area contributed by atoms with E-state index in [1.165, 1.54) is 15.0 Å². The van der Waals surface area contributed by atoms with Gasteiger partial charge in [-0.2, -0.15) is 0 Å². The van der Waals surface area contributed by atoms with Crippen LogP contribution in [0.2, 0.25) is 0 Å². The van der Waals surface area contributed by atoms with Crippen LogP contribution in [-0.4, -0.2) is 0 Å². The maximum Gasteiger partial charge on any atom is 0.0361 e. The summed E-state index contributed by atoms with van der Waals surface area (Å²) in [6.45, 7) is 2.02. The zero-order valence-electron chi connectivity index (χ0n) is 7.36. The fraction of sp³-hybridized carbons (Fsp3) is 0.200. The van der Waals surface area contributed by atoms with E-state index in [4.69, 9.17) is 5.73 Å². The molecule has 1 aromatic heterocycles. The molecular weight excluding hydrogens is 202 g/mol. The fourth-order valence-corrected chi connectivity index (χ4v) is 2.24. The van der Waals surface area contributed by atoms with Crippen LogP contribution >= 0.6 is 23.7 Å². The van der Waals surface area contributed by atoms with Crippen molar-refractivity contribution in [2.24, 2.45) is 5.73 Å². The summed E-state index contributed by atoms with van der Waals surface area (Å²) in [6, 6.07) is 10.7. The highest BCUT2D eigenvalue weighted by atomic mass is 35.5. The lowest BCUT2D eigenvalue weighted by Gasteiger charge is -1.96. The third-order valence-corrected chi connectivity index (χ3v) is 3.21. The van der Waals surface area contributed by atoms with Crippen molar-refractivity contribution >= 4 is 33.8 Å². The molecule has 0 radical (unpaired) electrons. The van der Waals surface area contributed by atoms with Gasteiger partial charge in [0.25, 0.3) is 0 Å². The highest BCUT2D eigenvalue weighted by Gasteiger charge is 2.03. The second-order valence-corrected chi connectivity index (χ2v) is 4.09. The van der Waals surface area contributed by atoms with E-state index in [0.29, 0.717) is 0 Å². The van der Waals surface area contributed by atoms with Crippen molar-refractivity contribution in [3.05, 3.63) is 35.2 Å². The molecule has 1 heterocycles. The van der Waals surface area contributed by atoms with E-state index in [9.17, 15) is 0 Å². The molecule has 0 fully saturated rings. The van der Waals surface area contributed by atoms with Crippen LogP contribution in [-0.2, 0) is 0 Å². The highest BCUT2D eigenvalue weighted by Crippen LogP contribution is 2.28. The van der Waals surface area contributed by atoms with Crippen LogP contribution in [0, 0.1) is 0 Å². The molecular formula is C10H12ClNS. The van der Waals surface area contributed by atoms with E-state index in [0.717, 1.165) is 0 Å². The normalized spacial score (nSPS) is 12.5. The summed E-state index contributed by atoms with van der Waals surface area (Å²) in [7, 11) is 0. The molecule has 0 saturated heterocycles. The molecule has 13 heavy (non-hydrogen) atoms. The van der Waals surface area contributed by atoms with E-state index in [1.54, 1.807) is 11.3 Å². The zero-order chi connectivity index (χ0) is 8.55. The third-order valence-electron chi connectivity index (χ3n) is 1.89. The Balaban J connectivity index is 0.000000845. The first-order chi connectivity index (χ1) is 5.77. The summed E-state index contributed by atoms with van der Waals surface area (Å²) in [5.74, 6) is 0. The predicted octanol–water partition coefficient (Wildman–Crippen LogP) is 3.34. The second-order valence-electron chi connectivity index (χ2n) is 2.98. The molecule has 1 unspecified atom stereocenters. The topological polar surface area (TPSA) is 26.0 Å². The Morgan fingerprint density at radius 2 is 2.00 bits per heavy atom. The van der Waals surface area contributed by atoms with Gasteiger partial charge in [-0.05, 0) is 24.4 Å². The van der Waals surface area contributed by atoms with Gasteiger partial charge in [0.05, 0.1) is 0 Å². The van der Waals surface area contributed by atoms with Crippen molar-refractivity contribution in [3.63, 3.8) is 0 Å². The highest BCUT2D eigenvalue weighted by molar-refractivity contribution is 7.19. The Hall–Kier alpha value is -0.570. The van der Waals surface area contributed by atoms with Crippen LogP contribution in [0.3, 0.4) is 0 Å². The standard InChI is InChI=1S/C10H11NS.ClH/c1-7(11)10-6-8-4-2-3-5-9(8)12-10;/h2-7H,11H2,1H3;1H. The summed E-state index contributed by atoms with van der Waals surface area (Å²) >= 11 is 1.78. The van der Waals surface area contributed by atoms with Crippen LogP contribution in [0.4, 0.5) is 0 Å². The molecule has 0 aliphatic carbocycles. The summed E-state index contributed by atoms with van der Waals surface area (Å²) in [5, 5.41) is 1.30. The van der Waals surface area contributed by atoms with E-state index in [2.05, 4.69) is 30.3 Å². The minimum Gasteiger partial charge on any atom is -0.324 e. The quantitative estimate of drug-likeness (QED) is 0.773. The molecule has 0 amide bonds. The maximum absolute atomic E-state index is 5.79. The van der Waals surface area contributed by atoms with E-state index < -0.39 is 0 Å². The lowest BCUT2D eigenvalue weighted by Crippen LogP contribution is -2.01. The van der Waals surface area contributed by atoms with Crippen molar-refractivity contribution in [2.45, 2.75) is 13.0 Å². The third kappa shape index (κ3) is 2.02. The van der Waals surface area contributed by atoms with Crippen LogP contribution in [0.5, 0.6) is 0 Å². The average Bonchev–Trinajstić information content (AvgIpc) is 2.46. The first kappa shape index (κ1) is 10.5. The lowest BCUT2D eigenvalue weighted by atomic mass is 10.2. The Morgan fingerprint density at radius 3 is 2.62 bits per heavy atom. The molecule has 0 spiro atoms. The number of hydrogen-bond acceptors (Lipinski definition) is 2. The fourth-order valence-electron chi connectivity index (χ4n) is 1.23. The SMILES string of the molecule is CC(N)c1cc2ccccc2s1.Cl. The van der Waals surface area contributed by atoms with Crippen molar-refractivity contribution in [2.75, 3.05) is 0 Å². The first-order valence-electron chi connectivity index (χ1n) is 4.01. The molecule has 2 N–H and O–H groups in total. The maximum atomic E-state index is 5.79. The number of nitrogens with two attached hydrogens (primary N) is 1. The van der Waals surface area contributed by atoms with Gasteiger partial charge in [0.15, 0.2) is 0 Å². The summed E-state index contributed by atoms with van der Waals surface area (Å²) in [4.78, 5) is 1.26. The minimum atomic E-state index is 0. The molecule has 2 aromatic rings. The molecule has 1 nitrogen and oxygen atoms in total. The zero-order valence-corrected chi connectivity index (χ0v) is 8.99. The smallest absolute Gasteiger partial charge is 0.0361 e. The molecule has 70 valence electrons. The van der Waals surface area contributed by atoms with Crippen molar-refractivity contribution in [3.8, 4) is 0 Å². The van der Waals surface area contributed by atoms with Gasteiger partial charge in [0.2, 0.25) is 0 Å². The molecule has 0 aliphatic heterocycles. The van der Waals surface area contributed by atoms with Crippen LogP contribution in [0.15, 0.2) is 30.3 Å². The molecule has 3 heteroatoms. The van der Waals surface area contributed by atoms with E-state index >= 15 is 0 Å². The number of hydrogen-bond donors (Lipinski definition) is 1. The lowest BCUT2D eigenvalue weighted by molar-refractivity contribution is 0.839. The van der Waals surface area contributed by atoms with Crippen molar-refractivity contribution < 1.29 is 0 Å². The van der Waals surface area contributed by atoms with Gasteiger partial charge in [-0.3, -0.25) is 0 Å². The number of rotatable bonds is 1. The van der Waals surface area contributed by atoms with Gasteiger partial charge in [-0.25, -0.2) is 0 Å². The minimum absolute atomic E-state index is 0.